The van der Waals surface area contributed by atoms with E-state index in [1.165, 1.54) is 9.79 Å². The molecule has 0 aliphatic heterocycles. The molecule has 0 saturated heterocycles. The molecule has 0 bridgehead atoms. The summed E-state index contributed by atoms with van der Waals surface area (Å²) in [5.74, 6) is 0.358. The molecule has 3 nitrogen and oxygen atoms in total. The van der Waals surface area contributed by atoms with Crippen molar-refractivity contribution in [3.63, 3.8) is 0 Å². The predicted molar refractivity (Wildman–Crippen MR) is 90.3 cm³/mol. The summed E-state index contributed by atoms with van der Waals surface area (Å²) in [7, 11) is 0. The van der Waals surface area contributed by atoms with Crippen LogP contribution < -0.4 is 10.6 Å². The second-order valence-electron chi connectivity index (χ2n) is 4.46. The average molecular weight is 320 g/mol. The van der Waals surface area contributed by atoms with Crippen molar-refractivity contribution in [2.24, 2.45) is 0 Å². The van der Waals surface area contributed by atoms with E-state index in [0.29, 0.717) is 12.5 Å². The minimum Gasteiger partial charge on any atom is -0.357 e. The molecule has 0 aromatic heterocycles. The van der Waals surface area contributed by atoms with Crippen molar-refractivity contribution in [3.8, 4) is 0 Å². The van der Waals surface area contributed by atoms with Crippen LogP contribution in [0.5, 0.6) is 0 Å². The largest absolute Gasteiger partial charge is 0.357 e. The van der Waals surface area contributed by atoms with Gasteiger partial charge in [-0.25, -0.2) is 0 Å². The van der Waals surface area contributed by atoms with Crippen molar-refractivity contribution >= 4 is 29.3 Å². The molecule has 0 amide bonds. The second-order valence-corrected chi connectivity index (χ2v) is 6.04. The van der Waals surface area contributed by atoms with E-state index in [4.69, 9.17) is 17.0 Å². The molecular weight excluding hydrogens is 302 g/mol. The minimum atomic E-state index is 0.358. The number of nitrogens with one attached hydrogen (secondary N) is 3. The predicted octanol–water partition coefficient (Wildman–Crippen LogP) is 4.13. The summed E-state index contributed by atoms with van der Waals surface area (Å²) in [4.78, 5) is 2.35. The lowest BCUT2D eigenvalue weighted by atomic mass is 10.2. The van der Waals surface area contributed by atoms with Crippen LogP contribution >= 0.6 is 23.4 Å². The Morgan fingerprint density at radius 1 is 1.00 bits per heavy atom. The molecule has 2 aromatic rings. The van der Waals surface area contributed by atoms with Gasteiger partial charge in [-0.3, -0.25) is 5.41 Å². The third kappa shape index (κ3) is 5.33. The van der Waals surface area contributed by atoms with Gasteiger partial charge in [0.2, 0.25) is 0 Å². The Labute approximate surface area is 134 Å². The zero-order valence-electron chi connectivity index (χ0n) is 11.8. The van der Waals surface area contributed by atoms with Gasteiger partial charge in [-0.2, -0.15) is 0 Å². The van der Waals surface area contributed by atoms with Gasteiger partial charge in [0.25, 0.3) is 0 Å². The lowest BCUT2D eigenvalue weighted by Gasteiger charge is -2.09. The molecule has 3 N–H and O–H groups in total. The zero-order chi connectivity index (χ0) is 15.1. The summed E-state index contributed by atoms with van der Waals surface area (Å²) in [6.07, 6.45) is 0. The first-order chi connectivity index (χ1) is 10.2. The molecule has 0 saturated carbocycles. The lowest BCUT2D eigenvalue weighted by molar-refractivity contribution is 0.824. The molecule has 0 heterocycles. The van der Waals surface area contributed by atoms with Crippen molar-refractivity contribution < 1.29 is 0 Å². The summed E-state index contributed by atoms with van der Waals surface area (Å²) in [6, 6.07) is 16.2. The van der Waals surface area contributed by atoms with Crippen LogP contribution in [0.3, 0.4) is 0 Å². The van der Waals surface area contributed by atoms with Crippen LogP contribution in [-0.2, 0) is 6.54 Å². The Hall–Kier alpha value is -1.65. The average Bonchev–Trinajstić information content (AvgIpc) is 2.49. The van der Waals surface area contributed by atoms with Gasteiger partial charge in [0, 0.05) is 27.9 Å². The SMILES string of the molecule is CCNC(=N)NCc1ccc(Sc2ccc(Cl)cc2)cc1. The number of hydrogen-bond donors (Lipinski definition) is 3. The normalized spacial score (nSPS) is 10.2. The molecule has 5 heteroatoms. The van der Waals surface area contributed by atoms with Gasteiger partial charge in [0.1, 0.15) is 0 Å². The maximum absolute atomic E-state index is 7.61. The van der Waals surface area contributed by atoms with Crippen LogP contribution in [0.1, 0.15) is 12.5 Å². The molecular formula is C16H18ClN3S. The Morgan fingerprint density at radius 2 is 1.57 bits per heavy atom. The molecule has 2 rings (SSSR count). The molecule has 0 fully saturated rings. The van der Waals surface area contributed by atoms with Gasteiger partial charge in [-0.15, -0.1) is 0 Å². The standard InChI is InChI=1S/C16H18ClN3S/c1-2-19-16(18)20-11-12-3-7-14(8-4-12)21-15-9-5-13(17)6-10-15/h3-10H,2,11H2,1H3,(H3,18,19,20). The topological polar surface area (TPSA) is 47.9 Å². The van der Waals surface area contributed by atoms with E-state index < -0.39 is 0 Å². The number of hydrogen-bond acceptors (Lipinski definition) is 2. The maximum atomic E-state index is 7.61. The number of rotatable bonds is 5. The van der Waals surface area contributed by atoms with Crippen molar-refractivity contribution in [2.45, 2.75) is 23.3 Å². The van der Waals surface area contributed by atoms with Crippen molar-refractivity contribution in [3.05, 3.63) is 59.1 Å². The van der Waals surface area contributed by atoms with Crippen LogP contribution in [0.2, 0.25) is 5.02 Å². The molecule has 0 unspecified atom stereocenters. The van der Waals surface area contributed by atoms with Crippen LogP contribution in [-0.4, -0.2) is 12.5 Å². The number of halogens is 1. The highest BCUT2D eigenvalue weighted by atomic mass is 35.5. The monoisotopic (exact) mass is 319 g/mol. The van der Waals surface area contributed by atoms with Gasteiger partial charge in [-0.1, -0.05) is 35.5 Å². The summed E-state index contributed by atoms with van der Waals surface area (Å²) < 4.78 is 0. The third-order valence-electron chi connectivity index (χ3n) is 2.80. The van der Waals surface area contributed by atoms with Gasteiger partial charge in [0.15, 0.2) is 5.96 Å². The van der Waals surface area contributed by atoms with Gasteiger partial charge in [0.05, 0.1) is 0 Å². The van der Waals surface area contributed by atoms with E-state index in [2.05, 4.69) is 34.9 Å². The van der Waals surface area contributed by atoms with E-state index >= 15 is 0 Å². The van der Waals surface area contributed by atoms with Crippen LogP contribution in [0.4, 0.5) is 0 Å². The second kappa shape index (κ2) is 7.96. The Morgan fingerprint density at radius 3 is 2.14 bits per heavy atom. The number of guanidine groups is 1. The first kappa shape index (κ1) is 15.7. The first-order valence-corrected chi connectivity index (χ1v) is 7.95. The van der Waals surface area contributed by atoms with E-state index in [9.17, 15) is 0 Å². The quantitative estimate of drug-likeness (QED) is 0.574. The minimum absolute atomic E-state index is 0.358. The third-order valence-corrected chi connectivity index (χ3v) is 4.06. The fourth-order valence-electron chi connectivity index (χ4n) is 1.74. The van der Waals surface area contributed by atoms with E-state index in [1.54, 1.807) is 11.8 Å². The van der Waals surface area contributed by atoms with E-state index in [0.717, 1.165) is 17.1 Å². The molecule has 0 aliphatic carbocycles. The summed E-state index contributed by atoms with van der Waals surface area (Å²) in [5.41, 5.74) is 1.15. The Bertz CT molecular complexity index is 581. The van der Waals surface area contributed by atoms with E-state index in [-0.39, 0.29) is 0 Å². The Balaban J connectivity index is 1.89. The molecule has 2 aromatic carbocycles. The molecule has 110 valence electrons. The Kier molecular flexibility index (Phi) is 5.96. The fraction of sp³-hybridized carbons (Fsp3) is 0.188. The summed E-state index contributed by atoms with van der Waals surface area (Å²) >= 11 is 7.58. The highest BCUT2D eigenvalue weighted by molar-refractivity contribution is 7.99. The highest BCUT2D eigenvalue weighted by Gasteiger charge is 1.99. The fourth-order valence-corrected chi connectivity index (χ4v) is 2.69. The summed E-state index contributed by atoms with van der Waals surface area (Å²) in [6.45, 7) is 3.37. The van der Waals surface area contributed by atoms with Crippen LogP contribution in [0, 0.1) is 5.41 Å². The molecule has 0 radical (unpaired) electrons. The lowest BCUT2D eigenvalue weighted by Crippen LogP contribution is -2.35. The van der Waals surface area contributed by atoms with Gasteiger partial charge >= 0.3 is 0 Å². The first-order valence-electron chi connectivity index (χ1n) is 6.76. The zero-order valence-corrected chi connectivity index (χ0v) is 13.4. The molecule has 0 spiro atoms. The van der Waals surface area contributed by atoms with Crippen molar-refractivity contribution in [1.29, 1.82) is 5.41 Å². The highest BCUT2D eigenvalue weighted by Crippen LogP contribution is 2.28. The molecule has 0 aliphatic rings. The van der Waals surface area contributed by atoms with Crippen LogP contribution in [0.15, 0.2) is 58.3 Å². The summed E-state index contributed by atoms with van der Waals surface area (Å²) in [5, 5.41) is 14.3. The molecule has 21 heavy (non-hydrogen) atoms. The van der Waals surface area contributed by atoms with Crippen molar-refractivity contribution in [1.82, 2.24) is 10.6 Å². The number of benzene rings is 2. The molecule has 0 atom stereocenters. The van der Waals surface area contributed by atoms with Gasteiger partial charge < -0.3 is 10.6 Å². The van der Waals surface area contributed by atoms with Crippen LogP contribution in [0.25, 0.3) is 0 Å². The smallest absolute Gasteiger partial charge is 0.188 e. The van der Waals surface area contributed by atoms with Gasteiger partial charge in [-0.05, 0) is 48.9 Å². The van der Waals surface area contributed by atoms with Crippen molar-refractivity contribution in [2.75, 3.05) is 6.54 Å². The maximum Gasteiger partial charge on any atom is 0.188 e. The van der Waals surface area contributed by atoms with E-state index in [1.807, 2.05) is 31.2 Å².